The van der Waals surface area contributed by atoms with Crippen molar-refractivity contribution in [1.82, 2.24) is 15.4 Å². The third-order valence-corrected chi connectivity index (χ3v) is 3.46. The molecule has 0 atom stereocenters. The minimum atomic E-state index is -4.78. The molecule has 1 aromatic carbocycles. The van der Waals surface area contributed by atoms with Crippen LogP contribution in [0.4, 0.5) is 13.2 Å². The van der Waals surface area contributed by atoms with Crippen LogP contribution in [-0.4, -0.2) is 46.6 Å². The Morgan fingerprint density at radius 1 is 1.19 bits per heavy atom. The molecule has 150 valence electrons. The van der Waals surface area contributed by atoms with Crippen LogP contribution in [0.25, 0.3) is 0 Å². The van der Waals surface area contributed by atoms with E-state index in [-0.39, 0.29) is 54.9 Å². The molecule has 1 rings (SSSR count). The van der Waals surface area contributed by atoms with Crippen LogP contribution < -0.4 is 20.1 Å². The molecule has 12 heteroatoms. The summed E-state index contributed by atoms with van der Waals surface area (Å²) < 4.78 is 65.4. The molecule has 0 saturated carbocycles. The first-order valence-corrected chi connectivity index (χ1v) is 9.30. The standard InChI is InChI=1S/C14H21F3N4O3S.HI/c1-3-18-13(19-8-9-21-25(2,22)23)20-10-11-6-4-5-7-12(11)24-14(15,16)17;/h4-7,21H,3,8-10H2,1-2H3,(H2,18,19,20);1H. The number of guanidine groups is 1. The van der Waals surface area contributed by atoms with Gasteiger partial charge in [-0.05, 0) is 13.0 Å². The maximum absolute atomic E-state index is 12.4. The Hall–Kier alpha value is -1.28. The molecule has 0 spiro atoms. The Labute approximate surface area is 167 Å². The van der Waals surface area contributed by atoms with E-state index in [4.69, 9.17) is 0 Å². The highest BCUT2D eigenvalue weighted by atomic mass is 127. The lowest BCUT2D eigenvalue weighted by Gasteiger charge is -2.14. The van der Waals surface area contributed by atoms with Crippen LogP contribution in [0.2, 0.25) is 0 Å². The van der Waals surface area contributed by atoms with E-state index < -0.39 is 16.4 Å². The lowest BCUT2D eigenvalue weighted by atomic mass is 10.2. The molecular formula is C14H22F3IN4O3S. The molecule has 26 heavy (non-hydrogen) atoms. The molecule has 0 unspecified atom stereocenters. The number of hydrogen-bond donors (Lipinski definition) is 3. The predicted octanol–water partition coefficient (Wildman–Crippen LogP) is 1.81. The van der Waals surface area contributed by atoms with E-state index in [1.807, 2.05) is 6.92 Å². The summed E-state index contributed by atoms with van der Waals surface area (Å²) in [7, 11) is -3.29. The first-order chi connectivity index (χ1) is 11.6. The number of ether oxygens (including phenoxy) is 1. The van der Waals surface area contributed by atoms with Crippen molar-refractivity contribution < 1.29 is 26.3 Å². The Balaban J connectivity index is 0.00000625. The van der Waals surface area contributed by atoms with Crippen molar-refractivity contribution in [2.75, 3.05) is 25.9 Å². The quantitative estimate of drug-likeness (QED) is 0.215. The molecule has 1 aromatic rings. The second-order valence-electron chi connectivity index (χ2n) is 4.94. The number of alkyl halides is 3. The Kier molecular flexibility index (Phi) is 10.9. The Morgan fingerprint density at radius 2 is 1.85 bits per heavy atom. The molecular weight excluding hydrogens is 488 g/mol. The van der Waals surface area contributed by atoms with Crippen molar-refractivity contribution in [2.24, 2.45) is 4.99 Å². The van der Waals surface area contributed by atoms with E-state index in [0.717, 1.165) is 6.26 Å². The van der Waals surface area contributed by atoms with Crippen molar-refractivity contribution >= 4 is 40.0 Å². The average molecular weight is 510 g/mol. The molecule has 0 aromatic heterocycles. The van der Waals surface area contributed by atoms with Gasteiger partial charge in [0.15, 0.2) is 5.96 Å². The number of hydrogen-bond acceptors (Lipinski definition) is 4. The SMILES string of the molecule is CCNC(=NCc1ccccc1OC(F)(F)F)NCCNS(C)(=O)=O.I. The molecule has 0 aliphatic rings. The lowest BCUT2D eigenvalue weighted by molar-refractivity contribution is -0.274. The zero-order valence-electron chi connectivity index (χ0n) is 14.3. The second-order valence-corrected chi connectivity index (χ2v) is 6.78. The zero-order valence-corrected chi connectivity index (χ0v) is 17.4. The summed E-state index contributed by atoms with van der Waals surface area (Å²) in [6.45, 7) is 2.73. The van der Waals surface area contributed by atoms with Gasteiger partial charge in [0, 0.05) is 25.2 Å². The zero-order chi connectivity index (χ0) is 18.9. The highest BCUT2D eigenvalue weighted by Gasteiger charge is 2.31. The summed E-state index contributed by atoms with van der Waals surface area (Å²) >= 11 is 0. The van der Waals surface area contributed by atoms with Crippen molar-refractivity contribution in [3.8, 4) is 5.75 Å². The number of nitrogens with zero attached hydrogens (tertiary/aromatic N) is 1. The summed E-state index contributed by atoms with van der Waals surface area (Å²) in [6, 6.07) is 5.73. The highest BCUT2D eigenvalue weighted by Crippen LogP contribution is 2.26. The number of benzene rings is 1. The number of sulfonamides is 1. The van der Waals surface area contributed by atoms with E-state index >= 15 is 0 Å². The van der Waals surface area contributed by atoms with Gasteiger partial charge in [-0.1, -0.05) is 18.2 Å². The normalized spacial score (nSPS) is 12.3. The van der Waals surface area contributed by atoms with Gasteiger partial charge >= 0.3 is 6.36 Å². The molecule has 0 bridgehead atoms. The largest absolute Gasteiger partial charge is 0.573 e. The molecule has 0 radical (unpaired) electrons. The number of halogens is 4. The van der Waals surface area contributed by atoms with Crippen molar-refractivity contribution in [1.29, 1.82) is 0 Å². The number of para-hydroxylation sites is 1. The van der Waals surface area contributed by atoms with Crippen LogP contribution in [0, 0.1) is 0 Å². The monoisotopic (exact) mass is 510 g/mol. The summed E-state index contributed by atoms with van der Waals surface area (Å²) in [5, 5.41) is 5.80. The third-order valence-electron chi connectivity index (χ3n) is 2.73. The second kappa shape index (κ2) is 11.4. The van der Waals surface area contributed by atoms with Gasteiger partial charge in [-0.25, -0.2) is 18.1 Å². The number of nitrogens with one attached hydrogen (secondary N) is 3. The van der Waals surface area contributed by atoms with E-state index in [2.05, 4.69) is 25.1 Å². The molecule has 7 nitrogen and oxygen atoms in total. The van der Waals surface area contributed by atoms with Gasteiger partial charge in [-0.15, -0.1) is 37.1 Å². The van der Waals surface area contributed by atoms with E-state index in [9.17, 15) is 21.6 Å². The van der Waals surface area contributed by atoms with Crippen molar-refractivity contribution in [2.45, 2.75) is 19.8 Å². The molecule has 0 aliphatic heterocycles. The summed E-state index contributed by atoms with van der Waals surface area (Å²) in [4.78, 5) is 4.18. The highest BCUT2D eigenvalue weighted by molar-refractivity contribution is 14.0. The van der Waals surface area contributed by atoms with Gasteiger partial charge in [-0.3, -0.25) is 0 Å². The van der Waals surface area contributed by atoms with E-state index in [0.29, 0.717) is 12.5 Å². The molecule has 0 amide bonds. The van der Waals surface area contributed by atoms with Crippen molar-refractivity contribution in [3.63, 3.8) is 0 Å². The van der Waals surface area contributed by atoms with E-state index in [1.54, 1.807) is 6.07 Å². The van der Waals surface area contributed by atoms with E-state index in [1.165, 1.54) is 18.2 Å². The fourth-order valence-electron chi connectivity index (χ4n) is 1.78. The number of aliphatic imine (C=N–C) groups is 1. The maximum Gasteiger partial charge on any atom is 0.573 e. The minimum absolute atomic E-state index is 0. The fraction of sp³-hybridized carbons (Fsp3) is 0.500. The average Bonchev–Trinajstić information content (AvgIpc) is 2.47. The Morgan fingerprint density at radius 3 is 2.42 bits per heavy atom. The van der Waals surface area contributed by atoms with Gasteiger partial charge in [0.2, 0.25) is 10.0 Å². The summed E-state index contributed by atoms with van der Waals surface area (Å²) in [5.74, 6) is 0.0351. The minimum Gasteiger partial charge on any atom is -0.405 e. The predicted molar refractivity (Wildman–Crippen MR) is 104 cm³/mol. The third kappa shape index (κ3) is 11.4. The van der Waals surface area contributed by atoms with Crippen LogP contribution in [0.15, 0.2) is 29.3 Å². The topological polar surface area (TPSA) is 91.8 Å². The van der Waals surface area contributed by atoms with Gasteiger partial charge < -0.3 is 15.4 Å². The molecule has 3 N–H and O–H groups in total. The Bertz CT molecular complexity index is 684. The van der Waals surface area contributed by atoms with Crippen LogP contribution in [0.1, 0.15) is 12.5 Å². The molecule has 0 saturated heterocycles. The fourth-order valence-corrected chi connectivity index (χ4v) is 2.25. The van der Waals surface area contributed by atoms with Gasteiger partial charge in [0.1, 0.15) is 5.75 Å². The van der Waals surface area contributed by atoms with Gasteiger partial charge in [0.25, 0.3) is 0 Å². The van der Waals surface area contributed by atoms with Gasteiger partial charge in [-0.2, -0.15) is 0 Å². The first-order valence-electron chi connectivity index (χ1n) is 7.41. The van der Waals surface area contributed by atoms with Gasteiger partial charge in [0.05, 0.1) is 12.8 Å². The lowest BCUT2D eigenvalue weighted by Crippen LogP contribution is -2.41. The maximum atomic E-state index is 12.4. The smallest absolute Gasteiger partial charge is 0.405 e. The van der Waals surface area contributed by atoms with Crippen LogP contribution >= 0.6 is 24.0 Å². The molecule has 0 fully saturated rings. The van der Waals surface area contributed by atoms with Crippen LogP contribution in [-0.2, 0) is 16.6 Å². The summed E-state index contributed by atoms with van der Waals surface area (Å²) in [6.07, 6.45) is -3.73. The van der Waals surface area contributed by atoms with Crippen LogP contribution in [0.3, 0.4) is 0 Å². The molecule has 0 heterocycles. The van der Waals surface area contributed by atoms with Crippen LogP contribution in [0.5, 0.6) is 5.75 Å². The number of rotatable bonds is 8. The summed E-state index contributed by atoms with van der Waals surface area (Å²) in [5.41, 5.74) is 0.270. The molecule has 0 aliphatic carbocycles. The first kappa shape index (κ1) is 24.7. The van der Waals surface area contributed by atoms with Crippen molar-refractivity contribution in [3.05, 3.63) is 29.8 Å².